The molecule has 0 saturated heterocycles. The van der Waals surface area contributed by atoms with E-state index in [0.29, 0.717) is 29.4 Å². The first-order valence-electron chi connectivity index (χ1n) is 9.99. The molecule has 162 valence electrons. The molecule has 0 spiro atoms. The molecular weight excluding hydrogens is 449 g/mol. The lowest BCUT2D eigenvalue weighted by Crippen LogP contribution is -2.26. The quantitative estimate of drug-likeness (QED) is 0.233. The third-order valence-electron chi connectivity index (χ3n) is 5.25. The van der Waals surface area contributed by atoms with Crippen LogP contribution in [0.15, 0.2) is 78.9 Å². The Morgan fingerprint density at radius 2 is 1.59 bits per heavy atom. The minimum atomic E-state index is -1.75. The number of esters is 1. The third-order valence-corrected chi connectivity index (χ3v) is 6.28. The molecule has 3 aromatic rings. The van der Waals surface area contributed by atoms with Crippen molar-refractivity contribution < 1.29 is 19.0 Å². The van der Waals surface area contributed by atoms with Gasteiger partial charge >= 0.3 is 5.97 Å². The van der Waals surface area contributed by atoms with Crippen LogP contribution < -0.4 is 14.2 Å². The van der Waals surface area contributed by atoms with Gasteiger partial charge in [-0.05, 0) is 61.0 Å². The summed E-state index contributed by atoms with van der Waals surface area (Å²) in [7, 11) is 0. The summed E-state index contributed by atoms with van der Waals surface area (Å²) in [5, 5.41) is 9.92. The van der Waals surface area contributed by atoms with Gasteiger partial charge in [-0.2, -0.15) is 5.26 Å². The number of hydrogen-bond acceptors (Lipinski definition) is 5. The molecule has 0 N–H and O–H groups in total. The molecule has 2 unspecified atom stereocenters. The van der Waals surface area contributed by atoms with E-state index >= 15 is 0 Å². The summed E-state index contributed by atoms with van der Waals surface area (Å²) in [6.07, 6.45) is 0. The van der Waals surface area contributed by atoms with Crippen molar-refractivity contribution >= 4 is 29.2 Å². The average Bonchev–Trinajstić information content (AvgIpc) is 3.32. The third kappa shape index (κ3) is 3.88. The van der Waals surface area contributed by atoms with Crippen LogP contribution in [-0.2, 0) is 4.79 Å². The fourth-order valence-corrected chi connectivity index (χ4v) is 4.57. The molecule has 0 aromatic heterocycles. The van der Waals surface area contributed by atoms with Crippen LogP contribution in [0.4, 0.5) is 0 Å². The van der Waals surface area contributed by atoms with Crippen LogP contribution in [0.1, 0.15) is 18.4 Å². The Bertz CT molecular complexity index is 1160. The van der Waals surface area contributed by atoms with Gasteiger partial charge < -0.3 is 14.2 Å². The number of alkyl halides is 2. The summed E-state index contributed by atoms with van der Waals surface area (Å²) in [6.45, 7) is 2.39. The lowest BCUT2D eigenvalue weighted by molar-refractivity contribution is -0.138. The molecular formula is C25H19Cl2NO4. The zero-order valence-electron chi connectivity index (χ0n) is 17.1. The van der Waals surface area contributed by atoms with E-state index in [9.17, 15) is 10.1 Å². The van der Waals surface area contributed by atoms with E-state index < -0.39 is 21.6 Å². The number of carbonyl (C=O) groups is 1. The van der Waals surface area contributed by atoms with E-state index in [4.69, 9.17) is 37.4 Å². The number of nitrogens with zero attached hydrogens (tertiary/aromatic N) is 1. The van der Waals surface area contributed by atoms with E-state index in [2.05, 4.69) is 0 Å². The van der Waals surface area contributed by atoms with Gasteiger partial charge in [0.05, 0.1) is 18.6 Å². The van der Waals surface area contributed by atoms with Crippen molar-refractivity contribution in [3.05, 3.63) is 84.4 Å². The summed E-state index contributed by atoms with van der Waals surface area (Å²) < 4.78 is 15.1. The van der Waals surface area contributed by atoms with Crippen molar-refractivity contribution in [3.63, 3.8) is 0 Å². The maximum absolute atomic E-state index is 13.0. The Hall–Kier alpha value is -3.20. The first-order chi connectivity index (χ1) is 15.4. The molecule has 32 heavy (non-hydrogen) atoms. The van der Waals surface area contributed by atoms with Crippen molar-refractivity contribution in [2.45, 2.75) is 17.2 Å². The number of carbonyl (C=O) groups excluding carboxylic acids is 1. The number of benzene rings is 3. The number of halogens is 2. The number of para-hydroxylation sites is 1. The molecule has 5 nitrogen and oxygen atoms in total. The summed E-state index contributed by atoms with van der Waals surface area (Å²) in [5.41, 5.74) is -1.14. The SMILES string of the molecule is CCOc1ccc(OC(=O)C2(C#N)C(c3cccc(Oc4ccccc4)c3)C2(Cl)Cl)cc1. The highest BCUT2D eigenvalue weighted by Crippen LogP contribution is 2.74. The maximum atomic E-state index is 13.0. The van der Waals surface area contributed by atoms with E-state index in [0.717, 1.165) is 0 Å². The molecule has 0 bridgehead atoms. The maximum Gasteiger partial charge on any atom is 0.335 e. The van der Waals surface area contributed by atoms with Crippen LogP contribution in [0.3, 0.4) is 0 Å². The average molecular weight is 468 g/mol. The van der Waals surface area contributed by atoms with Crippen molar-refractivity contribution in [1.82, 2.24) is 0 Å². The van der Waals surface area contributed by atoms with Crippen molar-refractivity contribution in [3.8, 4) is 29.1 Å². The van der Waals surface area contributed by atoms with E-state index in [-0.39, 0.29) is 5.75 Å². The molecule has 0 heterocycles. The largest absolute Gasteiger partial charge is 0.494 e. The lowest BCUT2D eigenvalue weighted by Gasteiger charge is -2.11. The number of ether oxygens (including phenoxy) is 3. The molecule has 0 amide bonds. The van der Waals surface area contributed by atoms with Crippen LogP contribution in [0.25, 0.3) is 0 Å². The van der Waals surface area contributed by atoms with Gasteiger partial charge in [0, 0.05) is 0 Å². The standard InChI is InChI=1S/C25H19Cl2NO4/c1-2-30-18-11-13-20(14-12-18)32-23(29)24(16-28)22(25(24,26)27)17-7-6-10-21(15-17)31-19-8-4-3-5-9-19/h3-15,22H,2H2,1H3. The van der Waals surface area contributed by atoms with Gasteiger partial charge in [-0.3, -0.25) is 0 Å². The Labute approximate surface area is 196 Å². The first-order valence-corrected chi connectivity index (χ1v) is 10.7. The Morgan fingerprint density at radius 3 is 2.25 bits per heavy atom. The Balaban J connectivity index is 1.56. The molecule has 0 radical (unpaired) electrons. The van der Waals surface area contributed by atoms with Gasteiger partial charge in [0.25, 0.3) is 0 Å². The van der Waals surface area contributed by atoms with Crippen LogP contribution in [-0.4, -0.2) is 16.9 Å². The Kier molecular flexibility index (Phi) is 6.01. The van der Waals surface area contributed by atoms with Gasteiger partial charge in [-0.25, -0.2) is 4.79 Å². The molecule has 2 atom stereocenters. The van der Waals surface area contributed by atoms with Crippen molar-refractivity contribution in [1.29, 1.82) is 5.26 Å². The number of rotatable bonds is 7. The van der Waals surface area contributed by atoms with Gasteiger partial charge in [0.1, 0.15) is 23.0 Å². The lowest BCUT2D eigenvalue weighted by atomic mass is 10.0. The molecule has 3 aromatic carbocycles. The highest BCUT2D eigenvalue weighted by atomic mass is 35.5. The Morgan fingerprint density at radius 1 is 0.938 bits per heavy atom. The van der Waals surface area contributed by atoms with Crippen LogP contribution in [0.5, 0.6) is 23.0 Å². The van der Waals surface area contributed by atoms with E-state index in [1.54, 1.807) is 48.5 Å². The highest BCUT2D eigenvalue weighted by Gasteiger charge is 2.83. The number of nitriles is 1. The molecule has 1 aliphatic carbocycles. The minimum Gasteiger partial charge on any atom is -0.494 e. The fourth-order valence-electron chi connectivity index (χ4n) is 3.64. The molecule has 1 saturated carbocycles. The van der Waals surface area contributed by atoms with Crippen LogP contribution in [0.2, 0.25) is 0 Å². The van der Waals surface area contributed by atoms with Gasteiger partial charge in [-0.1, -0.05) is 53.5 Å². The predicted molar refractivity (Wildman–Crippen MR) is 121 cm³/mol. The highest BCUT2D eigenvalue weighted by molar-refractivity contribution is 6.54. The molecule has 1 fully saturated rings. The topological polar surface area (TPSA) is 68.5 Å². The summed E-state index contributed by atoms with van der Waals surface area (Å²) >= 11 is 13.0. The monoisotopic (exact) mass is 467 g/mol. The second-order valence-electron chi connectivity index (χ2n) is 7.26. The smallest absolute Gasteiger partial charge is 0.335 e. The van der Waals surface area contributed by atoms with Gasteiger partial charge in [0.15, 0.2) is 9.75 Å². The zero-order valence-corrected chi connectivity index (χ0v) is 18.6. The second-order valence-corrected chi connectivity index (χ2v) is 8.64. The predicted octanol–water partition coefficient (Wildman–Crippen LogP) is 6.26. The molecule has 0 aliphatic heterocycles. The normalized spacial score (nSPS) is 20.6. The van der Waals surface area contributed by atoms with E-state index in [1.165, 1.54) is 0 Å². The van der Waals surface area contributed by atoms with E-state index in [1.807, 2.05) is 43.3 Å². The van der Waals surface area contributed by atoms with Crippen LogP contribution in [0, 0.1) is 16.7 Å². The van der Waals surface area contributed by atoms with Gasteiger partial charge in [-0.15, -0.1) is 0 Å². The second kappa shape index (κ2) is 8.74. The molecule has 1 aliphatic rings. The summed E-state index contributed by atoms with van der Waals surface area (Å²) in [5.74, 6) is 0.516. The van der Waals surface area contributed by atoms with Crippen molar-refractivity contribution in [2.75, 3.05) is 6.61 Å². The first kappa shape index (κ1) is 22.0. The summed E-state index contributed by atoms with van der Waals surface area (Å²) in [4.78, 5) is 13.0. The molecule has 4 rings (SSSR count). The fraction of sp³-hybridized carbons (Fsp3) is 0.200. The molecule has 7 heteroatoms. The van der Waals surface area contributed by atoms with Crippen molar-refractivity contribution in [2.24, 2.45) is 5.41 Å². The van der Waals surface area contributed by atoms with Crippen LogP contribution >= 0.6 is 23.2 Å². The minimum absolute atomic E-state index is 0.268. The zero-order chi connectivity index (χ0) is 22.8. The van der Waals surface area contributed by atoms with Gasteiger partial charge in [0.2, 0.25) is 0 Å². The number of hydrogen-bond donors (Lipinski definition) is 0. The summed E-state index contributed by atoms with van der Waals surface area (Å²) in [6, 6.07) is 24.8.